The molecule has 2 aliphatic rings. The summed E-state index contributed by atoms with van der Waals surface area (Å²) in [5, 5.41) is 3.46. The van der Waals surface area contributed by atoms with Gasteiger partial charge in [-0.2, -0.15) is 0 Å². The Bertz CT molecular complexity index is 443. The summed E-state index contributed by atoms with van der Waals surface area (Å²) in [4.78, 5) is 2.65. The van der Waals surface area contributed by atoms with Gasteiger partial charge in [0, 0.05) is 54.4 Å². The second-order valence-electron chi connectivity index (χ2n) is 5.88. The van der Waals surface area contributed by atoms with Crippen molar-refractivity contribution in [1.82, 2.24) is 10.2 Å². The van der Waals surface area contributed by atoms with E-state index in [0.717, 1.165) is 48.3 Å². The van der Waals surface area contributed by atoms with E-state index in [1.807, 2.05) is 0 Å². The lowest BCUT2D eigenvalue weighted by Crippen LogP contribution is -2.47. The van der Waals surface area contributed by atoms with Crippen LogP contribution < -0.4 is 5.32 Å². The lowest BCUT2D eigenvalue weighted by molar-refractivity contribution is 0.0213. The largest absolute Gasteiger partial charge is 0.381 e. The van der Waals surface area contributed by atoms with Crippen LogP contribution >= 0.6 is 56.7 Å². The van der Waals surface area contributed by atoms with Gasteiger partial charge in [-0.05, 0) is 42.5 Å². The minimum Gasteiger partial charge on any atom is -0.381 e. The first-order valence-corrected chi connectivity index (χ1v) is 9.31. The van der Waals surface area contributed by atoms with Crippen molar-refractivity contribution in [3.8, 4) is 0 Å². The molecule has 1 aromatic rings. The maximum absolute atomic E-state index is 5.57. The van der Waals surface area contributed by atoms with Crippen LogP contribution in [0.2, 0.25) is 0 Å². The monoisotopic (exact) mass is 488 g/mol. The first-order valence-electron chi connectivity index (χ1n) is 7.72. The molecule has 2 aliphatic heterocycles. The molecule has 7 heteroatoms. The minimum atomic E-state index is 0. The Kier molecular flexibility index (Phi) is 9.98. The number of hydrogen-bond acceptors (Lipinski definition) is 3. The van der Waals surface area contributed by atoms with E-state index in [1.54, 1.807) is 0 Å². The van der Waals surface area contributed by atoms with Crippen molar-refractivity contribution in [3.63, 3.8) is 0 Å². The van der Waals surface area contributed by atoms with Gasteiger partial charge in [-0.15, -0.1) is 24.8 Å². The van der Waals surface area contributed by atoms with E-state index in [-0.39, 0.29) is 24.8 Å². The Hall–Kier alpha value is 0.640. The highest BCUT2D eigenvalue weighted by Crippen LogP contribution is 2.37. The third-order valence-electron chi connectivity index (χ3n) is 4.48. The Morgan fingerprint density at radius 1 is 1.00 bits per heavy atom. The van der Waals surface area contributed by atoms with Crippen LogP contribution in [0, 0.1) is 5.92 Å². The van der Waals surface area contributed by atoms with E-state index in [0.29, 0.717) is 12.0 Å². The van der Waals surface area contributed by atoms with Gasteiger partial charge in [-0.3, -0.25) is 4.90 Å². The summed E-state index contributed by atoms with van der Waals surface area (Å²) in [6.07, 6.45) is 2.33. The molecule has 0 bridgehead atoms. The Balaban J connectivity index is 0.00000132. The van der Waals surface area contributed by atoms with Crippen LogP contribution in [0.5, 0.6) is 0 Å². The second-order valence-corrected chi connectivity index (χ2v) is 7.71. The zero-order valence-corrected chi connectivity index (χ0v) is 17.8. The van der Waals surface area contributed by atoms with Gasteiger partial charge in [0.1, 0.15) is 0 Å². The molecule has 23 heavy (non-hydrogen) atoms. The average Bonchev–Trinajstić information content (AvgIpc) is 2.49. The zero-order valence-electron chi connectivity index (χ0n) is 13.0. The summed E-state index contributed by atoms with van der Waals surface area (Å²) < 4.78 is 7.87. The molecule has 0 aromatic heterocycles. The molecule has 1 aromatic carbocycles. The maximum atomic E-state index is 5.57. The molecule has 2 saturated heterocycles. The predicted molar refractivity (Wildman–Crippen MR) is 107 cm³/mol. The van der Waals surface area contributed by atoms with Crippen LogP contribution in [0.1, 0.15) is 24.4 Å². The molecule has 0 unspecified atom stereocenters. The zero-order chi connectivity index (χ0) is 14.7. The van der Waals surface area contributed by atoms with E-state index < -0.39 is 0 Å². The van der Waals surface area contributed by atoms with Crippen molar-refractivity contribution >= 4 is 56.7 Å². The number of piperazine rings is 1. The van der Waals surface area contributed by atoms with Gasteiger partial charge < -0.3 is 10.1 Å². The van der Waals surface area contributed by atoms with Crippen LogP contribution in [-0.2, 0) is 4.74 Å². The fourth-order valence-electron chi connectivity index (χ4n) is 3.52. The van der Waals surface area contributed by atoms with Gasteiger partial charge in [-0.25, -0.2) is 0 Å². The van der Waals surface area contributed by atoms with Crippen molar-refractivity contribution in [1.29, 1.82) is 0 Å². The average molecular weight is 491 g/mol. The van der Waals surface area contributed by atoms with E-state index in [4.69, 9.17) is 4.74 Å². The SMILES string of the molecule is Brc1cc(Br)cc([C@@H](C2CCOCC2)N2CCNCC2)c1.Cl.Cl. The molecule has 2 heterocycles. The number of benzene rings is 1. The Morgan fingerprint density at radius 3 is 2.13 bits per heavy atom. The normalized spacial score (nSPS) is 21.1. The molecular formula is C16H24Br2Cl2N2O. The highest BCUT2D eigenvalue weighted by molar-refractivity contribution is 9.11. The first-order chi connectivity index (χ1) is 10.2. The summed E-state index contributed by atoms with van der Waals surface area (Å²) in [6, 6.07) is 7.19. The van der Waals surface area contributed by atoms with Gasteiger partial charge in [-0.1, -0.05) is 31.9 Å². The molecular weight excluding hydrogens is 467 g/mol. The molecule has 3 rings (SSSR count). The molecule has 0 amide bonds. The van der Waals surface area contributed by atoms with Crippen molar-refractivity contribution in [3.05, 3.63) is 32.7 Å². The summed E-state index contributed by atoms with van der Waals surface area (Å²) in [5.41, 5.74) is 1.42. The fourth-order valence-corrected chi connectivity index (χ4v) is 4.85. The number of hydrogen-bond donors (Lipinski definition) is 1. The third-order valence-corrected chi connectivity index (χ3v) is 5.40. The molecule has 3 nitrogen and oxygen atoms in total. The summed E-state index contributed by atoms with van der Waals surface area (Å²) >= 11 is 7.29. The maximum Gasteiger partial charge on any atom is 0.0469 e. The number of nitrogens with zero attached hydrogens (tertiary/aromatic N) is 1. The second kappa shape index (κ2) is 10.6. The summed E-state index contributed by atoms with van der Waals surface area (Å²) in [7, 11) is 0. The molecule has 0 spiro atoms. The van der Waals surface area contributed by atoms with Gasteiger partial charge in [0.05, 0.1) is 0 Å². The first kappa shape index (κ1) is 21.7. The van der Waals surface area contributed by atoms with Crippen LogP contribution in [0.25, 0.3) is 0 Å². The van der Waals surface area contributed by atoms with Gasteiger partial charge >= 0.3 is 0 Å². The molecule has 2 fully saturated rings. The number of rotatable bonds is 3. The quantitative estimate of drug-likeness (QED) is 0.678. The van der Waals surface area contributed by atoms with Crippen molar-refractivity contribution in [2.24, 2.45) is 5.92 Å². The van der Waals surface area contributed by atoms with E-state index in [2.05, 4.69) is 60.3 Å². The van der Waals surface area contributed by atoms with Crippen molar-refractivity contribution in [2.75, 3.05) is 39.4 Å². The minimum absolute atomic E-state index is 0. The van der Waals surface area contributed by atoms with E-state index in [9.17, 15) is 0 Å². The molecule has 132 valence electrons. The number of ether oxygens (including phenoxy) is 1. The predicted octanol–water partition coefficient (Wildman–Crippen LogP) is 4.43. The Morgan fingerprint density at radius 2 is 1.57 bits per heavy atom. The highest BCUT2D eigenvalue weighted by Gasteiger charge is 2.31. The van der Waals surface area contributed by atoms with Crippen LogP contribution in [0.3, 0.4) is 0 Å². The molecule has 0 saturated carbocycles. The topological polar surface area (TPSA) is 24.5 Å². The molecule has 1 atom stereocenters. The van der Waals surface area contributed by atoms with Crippen LogP contribution in [0.4, 0.5) is 0 Å². The van der Waals surface area contributed by atoms with Crippen LogP contribution in [-0.4, -0.2) is 44.3 Å². The van der Waals surface area contributed by atoms with Crippen molar-refractivity contribution < 1.29 is 4.74 Å². The van der Waals surface area contributed by atoms with Crippen molar-refractivity contribution in [2.45, 2.75) is 18.9 Å². The number of nitrogens with one attached hydrogen (secondary N) is 1. The summed E-state index contributed by atoms with van der Waals surface area (Å²) in [6.45, 7) is 6.26. The fraction of sp³-hybridized carbons (Fsp3) is 0.625. The number of halogens is 4. The molecule has 0 radical (unpaired) electrons. The van der Waals surface area contributed by atoms with Crippen LogP contribution in [0.15, 0.2) is 27.1 Å². The van der Waals surface area contributed by atoms with E-state index >= 15 is 0 Å². The lowest BCUT2D eigenvalue weighted by atomic mass is 9.85. The Labute approximate surface area is 168 Å². The molecule has 1 N–H and O–H groups in total. The van der Waals surface area contributed by atoms with Gasteiger partial charge in [0.2, 0.25) is 0 Å². The molecule has 0 aliphatic carbocycles. The van der Waals surface area contributed by atoms with Gasteiger partial charge in [0.15, 0.2) is 0 Å². The summed E-state index contributed by atoms with van der Waals surface area (Å²) in [5.74, 6) is 0.693. The highest BCUT2D eigenvalue weighted by atomic mass is 79.9. The smallest absolute Gasteiger partial charge is 0.0469 e. The standard InChI is InChI=1S/C16H22Br2N2O.2ClH/c17-14-9-13(10-15(18)11-14)16(12-1-7-21-8-2-12)20-5-3-19-4-6-20;;/h9-12,16,19H,1-8H2;2*1H/t16-;;/m1../s1. The van der Waals surface area contributed by atoms with E-state index in [1.165, 1.54) is 18.4 Å². The van der Waals surface area contributed by atoms with Gasteiger partial charge in [0.25, 0.3) is 0 Å². The lowest BCUT2D eigenvalue weighted by Gasteiger charge is -2.41. The third kappa shape index (κ3) is 5.84.